The van der Waals surface area contributed by atoms with E-state index in [2.05, 4.69) is 20.3 Å². The Hall–Kier alpha value is -2.92. The molecule has 11 heteroatoms. The lowest BCUT2D eigenvalue weighted by Crippen LogP contribution is -2.42. The second kappa shape index (κ2) is 8.63. The molecule has 1 aromatic carbocycles. The third kappa shape index (κ3) is 4.79. The summed E-state index contributed by atoms with van der Waals surface area (Å²) in [5.41, 5.74) is -0.867. The van der Waals surface area contributed by atoms with E-state index in [1.54, 1.807) is 12.3 Å². The summed E-state index contributed by atoms with van der Waals surface area (Å²) >= 11 is 0. The highest BCUT2D eigenvalue weighted by Crippen LogP contribution is 2.35. The van der Waals surface area contributed by atoms with E-state index in [1.807, 2.05) is 13.8 Å². The van der Waals surface area contributed by atoms with Gasteiger partial charge in [-0.2, -0.15) is 28.2 Å². The van der Waals surface area contributed by atoms with Crippen LogP contribution in [0, 0.1) is 5.92 Å². The number of aliphatic hydroxyl groups excluding tert-OH is 1. The number of nitrogens with one attached hydrogen (secondary N) is 1. The molecule has 0 spiro atoms. The van der Waals surface area contributed by atoms with Gasteiger partial charge >= 0.3 is 6.18 Å². The van der Waals surface area contributed by atoms with Gasteiger partial charge in [-0.15, -0.1) is 0 Å². The monoisotopic (exact) mass is 490 g/mol. The number of nitrogens with zero attached hydrogens (tertiary/aromatic N) is 5. The molecule has 3 N–H and O–H groups in total. The molecule has 8 nitrogen and oxygen atoms in total. The molecule has 3 heterocycles. The van der Waals surface area contributed by atoms with Gasteiger partial charge in [0.1, 0.15) is 5.82 Å². The van der Waals surface area contributed by atoms with Gasteiger partial charge in [0.05, 0.1) is 34.5 Å². The van der Waals surface area contributed by atoms with Gasteiger partial charge in [0.25, 0.3) is 0 Å². The molecule has 35 heavy (non-hydrogen) atoms. The van der Waals surface area contributed by atoms with Gasteiger partial charge in [-0.3, -0.25) is 0 Å². The molecule has 2 aliphatic rings. The Labute approximate surface area is 200 Å². The van der Waals surface area contributed by atoms with E-state index in [-0.39, 0.29) is 23.8 Å². The van der Waals surface area contributed by atoms with Crippen molar-refractivity contribution in [3.05, 3.63) is 36.0 Å². The summed E-state index contributed by atoms with van der Waals surface area (Å²) in [4.78, 5) is 11.5. The number of halogens is 3. The fourth-order valence-corrected chi connectivity index (χ4v) is 4.89. The van der Waals surface area contributed by atoms with Crippen LogP contribution in [-0.2, 0) is 6.18 Å². The molecule has 0 bridgehead atoms. The lowest BCUT2D eigenvalue weighted by atomic mass is 9.83. The number of hydrogen-bond acceptors (Lipinski definition) is 7. The van der Waals surface area contributed by atoms with Crippen LogP contribution in [0.15, 0.2) is 30.5 Å². The Morgan fingerprint density at radius 2 is 1.80 bits per heavy atom. The number of alkyl halides is 3. The standard InChI is InChI=1S/C24H29F3N6O2/c1-23(2,35)14-6-8-32(9-7-14)20-19-13-28-33(17-5-3-4-15(10-17)24(25,26)27)21(19)31-22(30-20)29-16-11-18(34)12-16/h3-5,10,13-14,16,18,34-35H,6-9,11-12H2,1-2H3,(H,29,30,31)/t16-,18+. The largest absolute Gasteiger partial charge is 0.416 e. The van der Waals surface area contributed by atoms with Crippen LogP contribution in [0.1, 0.15) is 45.1 Å². The minimum atomic E-state index is -4.47. The molecule has 0 amide bonds. The van der Waals surface area contributed by atoms with Gasteiger partial charge in [0, 0.05) is 19.1 Å². The minimum absolute atomic E-state index is 0.0288. The molecule has 2 aromatic heterocycles. The molecule has 188 valence electrons. The second-order valence-electron chi connectivity index (χ2n) is 10.1. The Kier molecular flexibility index (Phi) is 5.87. The quantitative estimate of drug-likeness (QED) is 0.501. The summed E-state index contributed by atoms with van der Waals surface area (Å²) in [5.74, 6) is 1.17. The molecule has 3 aromatic rings. The molecule has 0 unspecified atom stereocenters. The van der Waals surface area contributed by atoms with E-state index < -0.39 is 17.3 Å². The topological polar surface area (TPSA) is 99.3 Å². The van der Waals surface area contributed by atoms with Crippen LogP contribution in [0.4, 0.5) is 24.9 Å². The number of hydrogen-bond donors (Lipinski definition) is 3. The molecule has 2 fully saturated rings. The Balaban J connectivity index is 1.54. The van der Waals surface area contributed by atoms with Crippen LogP contribution in [0.5, 0.6) is 0 Å². The normalized spacial score (nSPS) is 21.9. The van der Waals surface area contributed by atoms with E-state index in [4.69, 9.17) is 4.98 Å². The molecule has 0 atom stereocenters. The third-order valence-electron chi connectivity index (χ3n) is 7.07. The number of fused-ring (bicyclic) bond motifs is 1. The van der Waals surface area contributed by atoms with E-state index >= 15 is 0 Å². The van der Waals surface area contributed by atoms with E-state index in [0.29, 0.717) is 48.7 Å². The first-order valence-corrected chi connectivity index (χ1v) is 11.8. The van der Waals surface area contributed by atoms with Gasteiger partial charge < -0.3 is 20.4 Å². The molecule has 1 aliphatic carbocycles. The number of benzene rings is 1. The summed E-state index contributed by atoms with van der Waals surface area (Å²) in [6.07, 6.45) is -0.498. The van der Waals surface area contributed by atoms with Crippen molar-refractivity contribution in [3.63, 3.8) is 0 Å². The van der Waals surface area contributed by atoms with E-state index in [1.165, 1.54) is 10.7 Å². The summed E-state index contributed by atoms with van der Waals surface area (Å²) in [6, 6.07) is 5.02. The van der Waals surface area contributed by atoms with Crippen LogP contribution < -0.4 is 10.2 Å². The number of rotatable bonds is 5. The first-order chi connectivity index (χ1) is 16.5. The van der Waals surface area contributed by atoms with Crippen LogP contribution in [0.25, 0.3) is 16.7 Å². The third-order valence-corrected chi connectivity index (χ3v) is 7.07. The lowest BCUT2D eigenvalue weighted by Gasteiger charge is -2.38. The van der Waals surface area contributed by atoms with Crippen molar-refractivity contribution in [3.8, 4) is 5.69 Å². The molecule has 5 rings (SSSR count). The number of aromatic nitrogens is 4. The highest BCUT2D eigenvalue weighted by atomic mass is 19.4. The Morgan fingerprint density at radius 1 is 1.09 bits per heavy atom. The molecule has 1 aliphatic heterocycles. The summed E-state index contributed by atoms with van der Waals surface area (Å²) in [6.45, 7) is 5.00. The van der Waals surface area contributed by atoms with Gasteiger partial charge in [0.2, 0.25) is 5.95 Å². The molecular formula is C24H29F3N6O2. The highest BCUT2D eigenvalue weighted by molar-refractivity contribution is 5.89. The van der Waals surface area contributed by atoms with Crippen molar-refractivity contribution < 1.29 is 23.4 Å². The maximum absolute atomic E-state index is 13.3. The maximum Gasteiger partial charge on any atom is 0.416 e. The SMILES string of the molecule is CC(C)(O)C1CCN(c2nc(N[C@H]3C[C@@H](O)C3)nc3c2cnn3-c2cccc(C(F)(F)F)c2)CC1. The van der Waals surface area contributed by atoms with Gasteiger partial charge in [-0.05, 0) is 63.6 Å². The van der Waals surface area contributed by atoms with Crippen molar-refractivity contribution in [2.24, 2.45) is 5.92 Å². The van der Waals surface area contributed by atoms with Crippen molar-refractivity contribution in [2.75, 3.05) is 23.3 Å². The average Bonchev–Trinajstić information content (AvgIpc) is 3.20. The van der Waals surface area contributed by atoms with Crippen molar-refractivity contribution >= 4 is 22.8 Å². The zero-order valence-corrected chi connectivity index (χ0v) is 19.6. The predicted octanol–water partition coefficient (Wildman–Crippen LogP) is 3.76. The first-order valence-electron chi connectivity index (χ1n) is 11.8. The predicted molar refractivity (Wildman–Crippen MR) is 126 cm³/mol. The number of aliphatic hydroxyl groups is 2. The Bertz CT molecular complexity index is 1210. The van der Waals surface area contributed by atoms with Gasteiger partial charge in [-0.1, -0.05) is 6.07 Å². The Morgan fingerprint density at radius 3 is 2.43 bits per heavy atom. The van der Waals surface area contributed by atoms with Crippen LogP contribution in [-0.4, -0.2) is 60.8 Å². The molecule has 1 saturated heterocycles. The van der Waals surface area contributed by atoms with Crippen LogP contribution in [0.3, 0.4) is 0 Å². The highest BCUT2D eigenvalue weighted by Gasteiger charge is 2.33. The van der Waals surface area contributed by atoms with Gasteiger partial charge in [0.15, 0.2) is 5.65 Å². The fourth-order valence-electron chi connectivity index (χ4n) is 4.89. The average molecular weight is 491 g/mol. The van der Waals surface area contributed by atoms with Gasteiger partial charge in [-0.25, -0.2) is 4.68 Å². The summed E-state index contributed by atoms with van der Waals surface area (Å²) in [5, 5.41) is 28.3. The summed E-state index contributed by atoms with van der Waals surface area (Å²) < 4.78 is 41.4. The maximum atomic E-state index is 13.3. The molecule has 0 radical (unpaired) electrons. The molecule has 1 saturated carbocycles. The van der Waals surface area contributed by atoms with Crippen LogP contribution in [0.2, 0.25) is 0 Å². The number of anilines is 2. The lowest BCUT2D eigenvalue weighted by molar-refractivity contribution is -0.137. The minimum Gasteiger partial charge on any atom is -0.393 e. The van der Waals surface area contributed by atoms with Crippen molar-refractivity contribution in [1.29, 1.82) is 0 Å². The van der Waals surface area contributed by atoms with Crippen molar-refractivity contribution in [2.45, 2.75) is 63.5 Å². The van der Waals surface area contributed by atoms with E-state index in [9.17, 15) is 23.4 Å². The molecular weight excluding hydrogens is 461 g/mol. The van der Waals surface area contributed by atoms with E-state index in [0.717, 1.165) is 25.0 Å². The zero-order chi connectivity index (χ0) is 25.0. The second-order valence-corrected chi connectivity index (χ2v) is 10.1. The van der Waals surface area contributed by atoms with Crippen LogP contribution >= 0.6 is 0 Å². The number of piperidine rings is 1. The summed E-state index contributed by atoms with van der Waals surface area (Å²) in [7, 11) is 0. The fraction of sp³-hybridized carbons (Fsp3) is 0.542. The zero-order valence-electron chi connectivity index (χ0n) is 19.6. The first kappa shape index (κ1) is 23.8. The van der Waals surface area contributed by atoms with Crippen molar-refractivity contribution in [1.82, 2.24) is 19.7 Å². The smallest absolute Gasteiger partial charge is 0.393 e.